The van der Waals surface area contributed by atoms with Crippen LogP contribution in [0.2, 0.25) is 0 Å². The zero-order valence-electron chi connectivity index (χ0n) is 8.21. The van der Waals surface area contributed by atoms with Crippen molar-refractivity contribution in [1.82, 2.24) is 5.32 Å². The molecule has 2 amide bonds. The van der Waals surface area contributed by atoms with Crippen LogP contribution in [0.15, 0.2) is 0 Å². The molecule has 0 aromatic rings. The number of amides is 2. The summed E-state index contributed by atoms with van der Waals surface area (Å²) in [5.74, 6) is -0.428. The van der Waals surface area contributed by atoms with Gasteiger partial charge in [0.15, 0.2) is 0 Å². The van der Waals surface area contributed by atoms with E-state index in [1.807, 2.05) is 0 Å². The lowest BCUT2D eigenvalue weighted by Gasteiger charge is -2.44. The molecule has 78 valence electrons. The van der Waals surface area contributed by atoms with Crippen molar-refractivity contribution >= 4 is 11.8 Å². The first-order valence-corrected chi connectivity index (χ1v) is 5.24. The van der Waals surface area contributed by atoms with Gasteiger partial charge in [0.2, 0.25) is 11.8 Å². The minimum absolute atomic E-state index is 0.00528. The number of nitrogens with one attached hydrogen (secondary N) is 1. The van der Waals surface area contributed by atoms with Gasteiger partial charge in [-0.15, -0.1) is 0 Å². The van der Waals surface area contributed by atoms with E-state index in [0.29, 0.717) is 6.54 Å². The Morgan fingerprint density at radius 3 is 2.36 bits per heavy atom. The van der Waals surface area contributed by atoms with E-state index in [1.165, 1.54) is 0 Å². The van der Waals surface area contributed by atoms with Crippen molar-refractivity contribution in [1.29, 1.82) is 0 Å². The van der Waals surface area contributed by atoms with E-state index in [-0.39, 0.29) is 17.7 Å². The summed E-state index contributed by atoms with van der Waals surface area (Å²) in [5.41, 5.74) is 4.93. The fourth-order valence-corrected chi connectivity index (χ4v) is 2.68. The van der Waals surface area contributed by atoms with Crippen LogP contribution < -0.4 is 11.1 Å². The molecule has 0 spiro atoms. The maximum absolute atomic E-state index is 11.5. The topological polar surface area (TPSA) is 72.2 Å². The molecule has 2 rings (SSSR count). The van der Waals surface area contributed by atoms with E-state index >= 15 is 0 Å². The standard InChI is InChI=1S/C10H16N2O2/c11-9(14)10(4-2-1-3-5-10)7-6-12-8(7)13/h7H,1-6H2,(H2,11,14)(H,12,13)/t7-/m0/s1. The Morgan fingerprint density at radius 1 is 1.36 bits per heavy atom. The second kappa shape index (κ2) is 3.26. The van der Waals surface area contributed by atoms with E-state index < -0.39 is 5.41 Å². The van der Waals surface area contributed by atoms with Gasteiger partial charge in [0.05, 0.1) is 11.3 Å². The second-order valence-corrected chi connectivity index (χ2v) is 4.38. The van der Waals surface area contributed by atoms with Crippen molar-refractivity contribution in [3.63, 3.8) is 0 Å². The van der Waals surface area contributed by atoms with E-state index in [4.69, 9.17) is 5.73 Å². The lowest BCUT2D eigenvalue weighted by Crippen LogP contribution is -2.61. The highest BCUT2D eigenvalue weighted by atomic mass is 16.2. The molecule has 2 aliphatic rings. The van der Waals surface area contributed by atoms with Gasteiger partial charge >= 0.3 is 0 Å². The highest BCUT2D eigenvalue weighted by molar-refractivity contribution is 5.93. The molecule has 0 unspecified atom stereocenters. The molecule has 4 nitrogen and oxygen atoms in total. The minimum Gasteiger partial charge on any atom is -0.369 e. The van der Waals surface area contributed by atoms with Crippen LogP contribution in [-0.2, 0) is 9.59 Å². The summed E-state index contributed by atoms with van der Waals surface area (Å²) in [7, 11) is 0. The fraction of sp³-hybridized carbons (Fsp3) is 0.800. The number of β-lactam (4-membered cyclic amide) rings is 1. The minimum atomic E-state index is -0.527. The molecule has 0 aromatic carbocycles. The van der Waals surface area contributed by atoms with Crippen LogP contribution in [0.3, 0.4) is 0 Å². The Labute approximate surface area is 83.2 Å². The number of hydrogen-bond donors (Lipinski definition) is 2. The van der Waals surface area contributed by atoms with Crippen LogP contribution in [0.1, 0.15) is 32.1 Å². The van der Waals surface area contributed by atoms with Gasteiger partial charge in [0, 0.05) is 6.54 Å². The third-order valence-corrected chi connectivity index (χ3v) is 3.70. The van der Waals surface area contributed by atoms with Crippen LogP contribution in [0.4, 0.5) is 0 Å². The summed E-state index contributed by atoms with van der Waals surface area (Å²) in [6, 6.07) is 0. The van der Waals surface area contributed by atoms with Crippen molar-refractivity contribution < 1.29 is 9.59 Å². The predicted octanol–water partition coefficient (Wildman–Crippen LogP) is 0.168. The van der Waals surface area contributed by atoms with Crippen molar-refractivity contribution in [2.45, 2.75) is 32.1 Å². The fourth-order valence-electron chi connectivity index (χ4n) is 2.68. The number of rotatable bonds is 2. The van der Waals surface area contributed by atoms with Crippen LogP contribution in [0.25, 0.3) is 0 Å². The molecule has 1 saturated carbocycles. The van der Waals surface area contributed by atoms with Gasteiger partial charge in [0.25, 0.3) is 0 Å². The van der Waals surface area contributed by atoms with Gasteiger partial charge in [-0.2, -0.15) is 0 Å². The molecule has 1 aliphatic carbocycles. The van der Waals surface area contributed by atoms with Crippen LogP contribution >= 0.6 is 0 Å². The van der Waals surface area contributed by atoms with Gasteiger partial charge in [-0.3, -0.25) is 9.59 Å². The van der Waals surface area contributed by atoms with E-state index in [1.54, 1.807) is 0 Å². The van der Waals surface area contributed by atoms with Gasteiger partial charge < -0.3 is 11.1 Å². The Hall–Kier alpha value is -1.06. The Morgan fingerprint density at radius 2 is 2.00 bits per heavy atom. The Kier molecular flexibility index (Phi) is 2.21. The lowest BCUT2D eigenvalue weighted by molar-refractivity contribution is -0.149. The third kappa shape index (κ3) is 1.21. The number of hydrogen-bond acceptors (Lipinski definition) is 2. The molecule has 1 heterocycles. The molecule has 1 atom stereocenters. The van der Waals surface area contributed by atoms with Crippen LogP contribution in [0.5, 0.6) is 0 Å². The van der Waals surface area contributed by atoms with Crippen molar-refractivity contribution in [3.8, 4) is 0 Å². The molecule has 0 bridgehead atoms. The first kappa shape index (κ1) is 9.49. The molecule has 14 heavy (non-hydrogen) atoms. The smallest absolute Gasteiger partial charge is 0.226 e. The normalized spacial score (nSPS) is 30.3. The SMILES string of the molecule is NC(=O)C1([C@H]2CNC2=O)CCCCC1. The third-order valence-electron chi connectivity index (χ3n) is 3.70. The van der Waals surface area contributed by atoms with Crippen LogP contribution in [-0.4, -0.2) is 18.4 Å². The van der Waals surface area contributed by atoms with Crippen molar-refractivity contribution in [2.75, 3.05) is 6.54 Å². The number of nitrogens with two attached hydrogens (primary N) is 1. The summed E-state index contributed by atoms with van der Waals surface area (Å²) >= 11 is 0. The predicted molar refractivity (Wildman–Crippen MR) is 51.2 cm³/mol. The summed E-state index contributed by atoms with van der Waals surface area (Å²) in [5, 5.41) is 2.69. The Bertz CT molecular complexity index is 269. The molecule has 1 saturated heterocycles. The van der Waals surface area contributed by atoms with Crippen molar-refractivity contribution in [2.24, 2.45) is 17.1 Å². The van der Waals surface area contributed by atoms with Crippen molar-refractivity contribution in [3.05, 3.63) is 0 Å². The van der Waals surface area contributed by atoms with E-state index in [9.17, 15) is 9.59 Å². The quantitative estimate of drug-likeness (QED) is 0.618. The monoisotopic (exact) mass is 196 g/mol. The molecule has 0 aromatic heterocycles. The van der Waals surface area contributed by atoms with Gasteiger partial charge in [-0.05, 0) is 12.8 Å². The van der Waals surface area contributed by atoms with Gasteiger partial charge in [-0.25, -0.2) is 0 Å². The van der Waals surface area contributed by atoms with E-state index in [2.05, 4.69) is 5.32 Å². The zero-order chi connectivity index (χ0) is 10.2. The molecular weight excluding hydrogens is 180 g/mol. The maximum Gasteiger partial charge on any atom is 0.226 e. The highest BCUT2D eigenvalue weighted by Gasteiger charge is 2.51. The number of carbonyl (C=O) groups excluding carboxylic acids is 2. The highest BCUT2D eigenvalue weighted by Crippen LogP contribution is 2.44. The van der Waals surface area contributed by atoms with Gasteiger partial charge in [0.1, 0.15) is 0 Å². The molecule has 4 heteroatoms. The van der Waals surface area contributed by atoms with Gasteiger partial charge in [-0.1, -0.05) is 19.3 Å². The first-order valence-electron chi connectivity index (χ1n) is 5.24. The largest absolute Gasteiger partial charge is 0.369 e. The lowest BCUT2D eigenvalue weighted by atomic mass is 9.63. The average Bonchev–Trinajstić information content (AvgIpc) is 2.17. The summed E-state index contributed by atoms with van der Waals surface area (Å²) in [6.45, 7) is 0.627. The molecule has 1 aliphatic heterocycles. The molecular formula is C10H16N2O2. The zero-order valence-corrected chi connectivity index (χ0v) is 8.21. The summed E-state index contributed by atoms with van der Waals surface area (Å²) < 4.78 is 0. The maximum atomic E-state index is 11.5. The Balaban J connectivity index is 2.20. The number of carbonyl (C=O) groups is 2. The summed E-state index contributed by atoms with van der Waals surface area (Å²) in [4.78, 5) is 22.8. The first-order chi connectivity index (χ1) is 6.67. The second-order valence-electron chi connectivity index (χ2n) is 4.38. The van der Waals surface area contributed by atoms with Crippen LogP contribution in [0, 0.1) is 11.3 Å². The molecule has 0 radical (unpaired) electrons. The summed E-state index contributed by atoms with van der Waals surface area (Å²) in [6.07, 6.45) is 4.78. The van der Waals surface area contributed by atoms with E-state index in [0.717, 1.165) is 32.1 Å². The number of primary amides is 1. The molecule has 3 N–H and O–H groups in total. The molecule has 2 fully saturated rings. The average molecular weight is 196 g/mol.